The number of benzene rings is 1. The van der Waals surface area contributed by atoms with Crippen molar-refractivity contribution in [2.75, 3.05) is 26.2 Å². The molecule has 1 aromatic rings. The van der Waals surface area contributed by atoms with Crippen molar-refractivity contribution in [1.82, 2.24) is 10.2 Å². The minimum absolute atomic E-state index is 0.00880. The number of Topliss-reactive ketones (excluding diaryl/α,β-unsaturated/α-hetero) is 1. The topological polar surface area (TPSA) is 32.3 Å². The van der Waals surface area contributed by atoms with Crippen LogP contribution in [-0.4, -0.2) is 42.9 Å². The van der Waals surface area contributed by atoms with Crippen molar-refractivity contribution >= 4 is 5.78 Å². The van der Waals surface area contributed by atoms with Gasteiger partial charge in [-0.2, -0.15) is 0 Å². The summed E-state index contributed by atoms with van der Waals surface area (Å²) in [4.78, 5) is 14.9. The molecule has 1 aromatic carbocycles. The molecule has 1 fully saturated rings. The van der Waals surface area contributed by atoms with Crippen LogP contribution in [0.4, 0.5) is 0 Å². The first-order chi connectivity index (χ1) is 8.70. The fraction of sp³-hybridized carbons (Fsp3) is 0.533. The number of hydrogen-bond acceptors (Lipinski definition) is 3. The smallest absolute Gasteiger partial charge is 0.180 e. The predicted molar refractivity (Wildman–Crippen MR) is 73.8 cm³/mol. The number of nitrogens with one attached hydrogen (secondary N) is 1. The maximum absolute atomic E-state index is 12.6. The quantitative estimate of drug-likeness (QED) is 0.822. The Hall–Kier alpha value is -1.19. The molecule has 3 heteroatoms. The Bertz CT molecular complexity index is 383. The highest BCUT2D eigenvalue weighted by molar-refractivity contribution is 6.00. The van der Waals surface area contributed by atoms with E-state index >= 15 is 0 Å². The van der Waals surface area contributed by atoms with Crippen LogP contribution < -0.4 is 5.32 Å². The van der Waals surface area contributed by atoms with Gasteiger partial charge in [0, 0.05) is 31.7 Å². The average Bonchev–Trinajstić information content (AvgIpc) is 2.40. The molecule has 0 aromatic heterocycles. The van der Waals surface area contributed by atoms with Gasteiger partial charge >= 0.3 is 0 Å². The Labute approximate surface area is 109 Å². The number of nitrogens with zero attached hydrogens (tertiary/aromatic N) is 1. The highest BCUT2D eigenvalue weighted by Gasteiger charge is 2.30. The van der Waals surface area contributed by atoms with Crippen molar-refractivity contribution < 1.29 is 4.79 Å². The summed E-state index contributed by atoms with van der Waals surface area (Å²) in [6.45, 7) is 8.14. The molecular formula is C15H22N2O. The molecule has 1 N–H and O–H groups in total. The fourth-order valence-corrected chi connectivity index (χ4v) is 2.62. The lowest BCUT2D eigenvalue weighted by atomic mass is 9.93. The van der Waals surface area contributed by atoms with E-state index in [-0.39, 0.29) is 11.8 Å². The van der Waals surface area contributed by atoms with Crippen molar-refractivity contribution in [3.8, 4) is 0 Å². The molecule has 0 spiro atoms. The van der Waals surface area contributed by atoms with Gasteiger partial charge in [0.2, 0.25) is 0 Å². The van der Waals surface area contributed by atoms with Gasteiger partial charge in [-0.3, -0.25) is 9.69 Å². The van der Waals surface area contributed by atoms with Gasteiger partial charge in [-0.05, 0) is 5.92 Å². The summed E-state index contributed by atoms with van der Waals surface area (Å²) in [6.07, 6.45) is 0. The van der Waals surface area contributed by atoms with E-state index in [1.54, 1.807) is 0 Å². The third kappa shape index (κ3) is 2.98. The second-order valence-electron chi connectivity index (χ2n) is 5.21. The third-order valence-corrected chi connectivity index (χ3v) is 3.50. The first-order valence-corrected chi connectivity index (χ1v) is 6.74. The Kier molecular flexibility index (Phi) is 4.50. The molecule has 2 rings (SSSR count). The van der Waals surface area contributed by atoms with E-state index in [0.717, 1.165) is 31.7 Å². The lowest BCUT2D eigenvalue weighted by molar-refractivity contribution is 0.0719. The van der Waals surface area contributed by atoms with Gasteiger partial charge in [0.05, 0.1) is 6.04 Å². The van der Waals surface area contributed by atoms with Gasteiger partial charge in [0.15, 0.2) is 5.78 Å². The van der Waals surface area contributed by atoms with Gasteiger partial charge in [-0.25, -0.2) is 0 Å². The van der Waals surface area contributed by atoms with Crippen molar-refractivity contribution in [3.05, 3.63) is 35.9 Å². The minimum Gasteiger partial charge on any atom is -0.314 e. The first kappa shape index (κ1) is 13.2. The van der Waals surface area contributed by atoms with E-state index in [9.17, 15) is 4.79 Å². The van der Waals surface area contributed by atoms with Crippen LogP contribution in [0.5, 0.6) is 0 Å². The maximum Gasteiger partial charge on any atom is 0.180 e. The van der Waals surface area contributed by atoms with Crippen LogP contribution in [0, 0.1) is 5.92 Å². The number of hydrogen-bond donors (Lipinski definition) is 1. The molecule has 1 saturated heterocycles. The summed E-state index contributed by atoms with van der Waals surface area (Å²) in [5.74, 6) is 0.600. The first-order valence-electron chi connectivity index (χ1n) is 6.74. The monoisotopic (exact) mass is 246 g/mol. The number of rotatable bonds is 4. The SMILES string of the molecule is CC(C)C(C(=O)c1ccccc1)N1CCNCC1. The lowest BCUT2D eigenvalue weighted by Gasteiger charge is -2.36. The normalized spacial score (nSPS) is 18.8. The minimum atomic E-state index is 0.00880. The molecule has 18 heavy (non-hydrogen) atoms. The van der Waals surface area contributed by atoms with Gasteiger partial charge < -0.3 is 5.32 Å². The van der Waals surface area contributed by atoms with Gasteiger partial charge in [0.1, 0.15) is 0 Å². The van der Waals surface area contributed by atoms with Gasteiger partial charge in [-0.15, -0.1) is 0 Å². The molecule has 0 bridgehead atoms. The van der Waals surface area contributed by atoms with Gasteiger partial charge in [-0.1, -0.05) is 44.2 Å². The van der Waals surface area contributed by atoms with Crippen LogP contribution in [0.1, 0.15) is 24.2 Å². The maximum atomic E-state index is 12.6. The Morgan fingerprint density at radius 3 is 2.33 bits per heavy atom. The van der Waals surface area contributed by atoms with E-state index in [1.807, 2.05) is 30.3 Å². The van der Waals surface area contributed by atoms with Crippen LogP contribution in [-0.2, 0) is 0 Å². The highest BCUT2D eigenvalue weighted by Crippen LogP contribution is 2.17. The molecule has 1 unspecified atom stereocenters. The van der Waals surface area contributed by atoms with Crippen LogP contribution in [0.2, 0.25) is 0 Å². The van der Waals surface area contributed by atoms with Gasteiger partial charge in [0.25, 0.3) is 0 Å². The largest absolute Gasteiger partial charge is 0.314 e. The fourth-order valence-electron chi connectivity index (χ4n) is 2.62. The zero-order valence-corrected chi connectivity index (χ0v) is 11.2. The third-order valence-electron chi connectivity index (χ3n) is 3.50. The highest BCUT2D eigenvalue weighted by atomic mass is 16.1. The Morgan fingerprint density at radius 2 is 1.78 bits per heavy atom. The summed E-state index contributed by atoms with van der Waals surface area (Å²) in [5.41, 5.74) is 0.828. The summed E-state index contributed by atoms with van der Waals surface area (Å²) < 4.78 is 0. The Balaban J connectivity index is 2.17. The lowest BCUT2D eigenvalue weighted by Crippen LogP contribution is -2.53. The number of ketones is 1. The van der Waals surface area contributed by atoms with E-state index in [1.165, 1.54) is 0 Å². The molecule has 1 aliphatic heterocycles. The molecule has 0 radical (unpaired) electrons. The number of carbonyl (C=O) groups excluding carboxylic acids is 1. The van der Waals surface area contributed by atoms with Crippen molar-refractivity contribution in [2.24, 2.45) is 5.92 Å². The van der Waals surface area contributed by atoms with Crippen molar-refractivity contribution in [1.29, 1.82) is 0 Å². The molecule has 0 aliphatic carbocycles. The second-order valence-corrected chi connectivity index (χ2v) is 5.21. The summed E-state index contributed by atoms with van der Waals surface area (Å²) >= 11 is 0. The number of carbonyl (C=O) groups is 1. The van der Waals surface area contributed by atoms with E-state index in [0.29, 0.717) is 5.92 Å². The molecule has 3 nitrogen and oxygen atoms in total. The molecule has 1 atom stereocenters. The molecule has 1 heterocycles. The zero-order chi connectivity index (χ0) is 13.0. The van der Waals surface area contributed by atoms with E-state index < -0.39 is 0 Å². The van der Waals surface area contributed by atoms with Crippen LogP contribution in [0.25, 0.3) is 0 Å². The van der Waals surface area contributed by atoms with E-state index in [2.05, 4.69) is 24.1 Å². The molecule has 1 aliphatic rings. The molecule has 0 saturated carbocycles. The van der Waals surface area contributed by atoms with Crippen molar-refractivity contribution in [2.45, 2.75) is 19.9 Å². The summed E-state index contributed by atoms with van der Waals surface area (Å²) in [5, 5.41) is 3.33. The molecule has 0 amide bonds. The molecular weight excluding hydrogens is 224 g/mol. The molecule has 98 valence electrons. The summed E-state index contributed by atoms with van der Waals surface area (Å²) in [6, 6.07) is 9.66. The standard InChI is InChI=1S/C15H22N2O/c1-12(2)14(17-10-8-16-9-11-17)15(18)13-6-4-3-5-7-13/h3-7,12,14,16H,8-11H2,1-2H3. The Morgan fingerprint density at radius 1 is 1.17 bits per heavy atom. The second kappa shape index (κ2) is 6.12. The average molecular weight is 246 g/mol. The number of piperazine rings is 1. The van der Waals surface area contributed by atoms with E-state index in [4.69, 9.17) is 0 Å². The van der Waals surface area contributed by atoms with Crippen LogP contribution in [0.3, 0.4) is 0 Å². The van der Waals surface area contributed by atoms with Crippen molar-refractivity contribution in [3.63, 3.8) is 0 Å². The predicted octanol–water partition coefficient (Wildman–Crippen LogP) is 1.80. The van der Waals surface area contributed by atoms with Crippen LogP contribution in [0.15, 0.2) is 30.3 Å². The van der Waals surface area contributed by atoms with Crippen LogP contribution >= 0.6 is 0 Å². The zero-order valence-electron chi connectivity index (χ0n) is 11.2. The summed E-state index contributed by atoms with van der Waals surface area (Å²) in [7, 11) is 0.